The van der Waals surface area contributed by atoms with Crippen LogP contribution in [-0.2, 0) is 0 Å². The lowest BCUT2D eigenvalue weighted by molar-refractivity contribution is 0.0750. The van der Waals surface area contributed by atoms with E-state index in [0.717, 1.165) is 36.8 Å². The Labute approximate surface area is 106 Å². The molecule has 1 saturated heterocycles. The van der Waals surface area contributed by atoms with Crippen LogP contribution in [0.3, 0.4) is 0 Å². The van der Waals surface area contributed by atoms with Gasteiger partial charge in [0.15, 0.2) is 0 Å². The summed E-state index contributed by atoms with van der Waals surface area (Å²) in [7, 11) is 0. The molecule has 2 aromatic rings. The maximum Gasteiger partial charge on any atom is 0.265 e. The first-order valence-electron chi connectivity index (χ1n) is 6.46. The predicted octanol–water partition coefficient (Wildman–Crippen LogP) is 2.30. The van der Waals surface area contributed by atoms with Gasteiger partial charge in [0.05, 0.1) is 0 Å². The quantitative estimate of drug-likeness (QED) is 0.850. The molecule has 1 aromatic carbocycles. The van der Waals surface area contributed by atoms with Gasteiger partial charge in [-0.3, -0.25) is 10.2 Å². The second kappa shape index (κ2) is 4.82. The van der Waals surface area contributed by atoms with E-state index in [0.29, 0.717) is 5.56 Å². The standard InChI is InChI=1S/C14H17N3O/c18-14(16-17-8-2-1-3-9-17)12-4-5-13-11(10-12)6-7-15-13/h4-7,10,15H,1-3,8-9H2,(H,16,18). The van der Waals surface area contributed by atoms with Crippen molar-refractivity contribution < 1.29 is 4.79 Å². The lowest BCUT2D eigenvalue weighted by Gasteiger charge is -2.26. The zero-order valence-corrected chi connectivity index (χ0v) is 10.3. The highest BCUT2D eigenvalue weighted by atomic mass is 16.2. The number of carbonyl (C=O) groups is 1. The third kappa shape index (κ3) is 2.24. The van der Waals surface area contributed by atoms with E-state index in [1.165, 1.54) is 6.42 Å². The molecule has 0 aliphatic carbocycles. The first kappa shape index (κ1) is 11.3. The van der Waals surface area contributed by atoms with Gasteiger partial charge in [-0.25, -0.2) is 5.01 Å². The molecule has 0 bridgehead atoms. The molecule has 1 aromatic heterocycles. The summed E-state index contributed by atoms with van der Waals surface area (Å²) in [5, 5.41) is 3.09. The fourth-order valence-corrected chi connectivity index (χ4v) is 2.41. The van der Waals surface area contributed by atoms with E-state index in [4.69, 9.17) is 0 Å². The van der Waals surface area contributed by atoms with Gasteiger partial charge in [0.1, 0.15) is 0 Å². The Kier molecular flexibility index (Phi) is 3.02. The zero-order valence-electron chi connectivity index (χ0n) is 10.3. The number of hydrogen-bond acceptors (Lipinski definition) is 2. The topological polar surface area (TPSA) is 48.1 Å². The molecule has 94 valence electrons. The normalized spacial score (nSPS) is 16.9. The van der Waals surface area contributed by atoms with Crippen molar-refractivity contribution >= 4 is 16.8 Å². The smallest absolute Gasteiger partial charge is 0.265 e. The second-order valence-corrected chi connectivity index (χ2v) is 4.77. The number of benzene rings is 1. The van der Waals surface area contributed by atoms with E-state index in [9.17, 15) is 4.79 Å². The molecule has 18 heavy (non-hydrogen) atoms. The number of aromatic amines is 1. The van der Waals surface area contributed by atoms with Crippen molar-refractivity contribution in [3.63, 3.8) is 0 Å². The van der Waals surface area contributed by atoms with Gasteiger partial charge >= 0.3 is 0 Å². The van der Waals surface area contributed by atoms with Gasteiger partial charge in [-0.15, -0.1) is 0 Å². The Bertz CT molecular complexity index is 555. The molecule has 0 spiro atoms. The van der Waals surface area contributed by atoms with Crippen LogP contribution in [0.2, 0.25) is 0 Å². The van der Waals surface area contributed by atoms with Gasteiger partial charge in [-0.1, -0.05) is 6.42 Å². The average Bonchev–Trinajstić information content (AvgIpc) is 2.87. The van der Waals surface area contributed by atoms with Crippen LogP contribution >= 0.6 is 0 Å². The van der Waals surface area contributed by atoms with E-state index in [1.54, 1.807) is 0 Å². The van der Waals surface area contributed by atoms with Crippen LogP contribution in [0.5, 0.6) is 0 Å². The van der Waals surface area contributed by atoms with Crippen LogP contribution in [0.4, 0.5) is 0 Å². The molecule has 2 heterocycles. The fourth-order valence-electron chi connectivity index (χ4n) is 2.41. The number of hydrogen-bond donors (Lipinski definition) is 2. The number of rotatable bonds is 2. The molecule has 1 aliphatic heterocycles. The summed E-state index contributed by atoms with van der Waals surface area (Å²) in [6.07, 6.45) is 5.48. The number of piperidine rings is 1. The number of fused-ring (bicyclic) bond motifs is 1. The Morgan fingerprint density at radius 3 is 2.83 bits per heavy atom. The molecule has 0 unspecified atom stereocenters. The highest BCUT2D eigenvalue weighted by Crippen LogP contribution is 2.14. The third-order valence-corrected chi connectivity index (χ3v) is 3.43. The van der Waals surface area contributed by atoms with Crippen molar-refractivity contribution in [2.75, 3.05) is 13.1 Å². The Morgan fingerprint density at radius 2 is 2.00 bits per heavy atom. The van der Waals surface area contributed by atoms with Crippen molar-refractivity contribution in [2.45, 2.75) is 19.3 Å². The molecular weight excluding hydrogens is 226 g/mol. The van der Waals surface area contributed by atoms with Gasteiger partial charge in [0, 0.05) is 35.8 Å². The summed E-state index contributed by atoms with van der Waals surface area (Å²) in [5.41, 5.74) is 4.75. The summed E-state index contributed by atoms with van der Waals surface area (Å²) in [4.78, 5) is 15.2. The average molecular weight is 243 g/mol. The minimum Gasteiger partial charge on any atom is -0.361 e. The number of amides is 1. The molecule has 1 fully saturated rings. The number of H-pyrrole nitrogens is 1. The summed E-state index contributed by atoms with van der Waals surface area (Å²) in [6, 6.07) is 7.71. The zero-order chi connectivity index (χ0) is 12.4. The second-order valence-electron chi connectivity index (χ2n) is 4.77. The highest BCUT2D eigenvalue weighted by molar-refractivity contribution is 5.97. The molecule has 4 heteroatoms. The van der Waals surface area contributed by atoms with Crippen molar-refractivity contribution in [1.82, 2.24) is 15.4 Å². The van der Waals surface area contributed by atoms with E-state index in [-0.39, 0.29) is 5.91 Å². The first-order chi connectivity index (χ1) is 8.83. The SMILES string of the molecule is O=C(NN1CCCCC1)c1ccc2[nH]ccc2c1. The van der Waals surface area contributed by atoms with Crippen LogP contribution in [0.25, 0.3) is 10.9 Å². The van der Waals surface area contributed by atoms with Gasteiger partial charge in [0.25, 0.3) is 5.91 Å². The molecule has 3 rings (SSSR count). The predicted molar refractivity (Wildman–Crippen MR) is 71.2 cm³/mol. The van der Waals surface area contributed by atoms with Crippen molar-refractivity contribution in [3.05, 3.63) is 36.0 Å². The maximum absolute atomic E-state index is 12.1. The van der Waals surface area contributed by atoms with Gasteiger partial charge in [-0.05, 0) is 37.1 Å². The van der Waals surface area contributed by atoms with E-state index >= 15 is 0 Å². The molecule has 0 saturated carbocycles. The van der Waals surface area contributed by atoms with Crippen molar-refractivity contribution in [2.24, 2.45) is 0 Å². The first-order valence-corrected chi connectivity index (χ1v) is 6.46. The Hall–Kier alpha value is -1.81. The third-order valence-electron chi connectivity index (χ3n) is 3.43. The van der Waals surface area contributed by atoms with E-state index in [1.807, 2.05) is 35.5 Å². The van der Waals surface area contributed by atoms with Crippen LogP contribution in [0.1, 0.15) is 29.6 Å². The molecule has 0 radical (unpaired) electrons. The maximum atomic E-state index is 12.1. The van der Waals surface area contributed by atoms with Gasteiger partial charge < -0.3 is 4.98 Å². The summed E-state index contributed by atoms with van der Waals surface area (Å²) in [6.45, 7) is 1.91. The summed E-state index contributed by atoms with van der Waals surface area (Å²) < 4.78 is 0. The van der Waals surface area contributed by atoms with Crippen LogP contribution in [0, 0.1) is 0 Å². The molecule has 2 N–H and O–H groups in total. The molecular formula is C14H17N3O. The number of nitrogens with zero attached hydrogens (tertiary/aromatic N) is 1. The fraction of sp³-hybridized carbons (Fsp3) is 0.357. The monoisotopic (exact) mass is 243 g/mol. The van der Waals surface area contributed by atoms with Gasteiger partial charge in [-0.2, -0.15) is 0 Å². The van der Waals surface area contributed by atoms with E-state index in [2.05, 4.69) is 10.4 Å². The molecule has 0 atom stereocenters. The van der Waals surface area contributed by atoms with Crippen LogP contribution in [0.15, 0.2) is 30.5 Å². The number of carbonyl (C=O) groups excluding carboxylic acids is 1. The number of hydrazine groups is 1. The lowest BCUT2D eigenvalue weighted by atomic mass is 10.1. The Morgan fingerprint density at radius 1 is 1.17 bits per heavy atom. The summed E-state index contributed by atoms with van der Waals surface area (Å²) >= 11 is 0. The molecule has 1 aliphatic rings. The van der Waals surface area contributed by atoms with Crippen LogP contribution < -0.4 is 5.43 Å². The lowest BCUT2D eigenvalue weighted by Crippen LogP contribution is -2.45. The van der Waals surface area contributed by atoms with E-state index < -0.39 is 0 Å². The highest BCUT2D eigenvalue weighted by Gasteiger charge is 2.14. The van der Waals surface area contributed by atoms with Crippen molar-refractivity contribution in [3.8, 4) is 0 Å². The van der Waals surface area contributed by atoms with Crippen molar-refractivity contribution in [1.29, 1.82) is 0 Å². The van der Waals surface area contributed by atoms with Crippen LogP contribution in [-0.4, -0.2) is 29.0 Å². The van der Waals surface area contributed by atoms with Gasteiger partial charge in [0.2, 0.25) is 0 Å². The largest absolute Gasteiger partial charge is 0.361 e. The number of nitrogens with one attached hydrogen (secondary N) is 2. The Balaban J connectivity index is 1.74. The summed E-state index contributed by atoms with van der Waals surface area (Å²) in [5.74, 6) is -0.0139. The molecule has 4 nitrogen and oxygen atoms in total. The molecule has 1 amide bonds. The number of aromatic nitrogens is 1. The minimum absolute atomic E-state index is 0.0139. The minimum atomic E-state index is -0.0139.